The summed E-state index contributed by atoms with van der Waals surface area (Å²) in [4.78, 5) is 14.0. The van der Waals surface area contributed by atoms with Gasteiger partial charge in [-0.25, -0.2) is 0 Å². The van der Waals surface area contributed by atoms with E-state index in [1.807, 2.05) is 17.5 Å². The summed E-state index contributed by atoms with van der Waals surface area (Å²) in [6.45, 7) is 2.70. The Balaban J connectivity index is 1.35. The Morgan fingerprint density at radius 2 is 2.04 bits per heavy atom. The third-order valence-electron chi connectivity index (χ3n) is 3.18. The second-order valence-corrected chi connectivity index (χ2v) is 8.19. The maximum Gasteiger partial charge on any atom is 0.277 e. The van der Waals surface area contributed by atoms with Crippen LogP contribution < -0.4 is 5.32 Å². The lowest BCUT2D eigenvalue weighted by Gasteiger charge is -2.04. The molecule has 0 aliphatic rings. The van der Waals surface area contributed by atoms with E-state index < -0.39 is 0 Å². The van der Waals surface area contributed by atoms with E-state index in [9.17, 15) is 4.79 Å². The van der Waals surface area contributed by atoms with E-state index in [-0.39, 0.29) is 11.7 Å². The van der Waals surface area contributed by atoms with Crippen molar-refractivity contribution in [3.63, 3.8) is 0 Å². The van der Waals surface area contributed by atoms with Gasteiger partial charge in [0.1, 0.15) is 0 Å². The van der Waals surface area contributed by atoms with Crippen molar-refractivity contribution in [3.05, 3.63) is 47.3 Å². The standard InChI is InChI=1S/C17H17N3O2S3/c1-12-4-6-13(7-5-12)23-10-8-18-15(21)11-25-17-20-19-16(22-17)14-3-2-9-24-14/h2-7,9H,8,10-11H2,1H3,(H,18,21). The molecule has 2 heterocycles. The Morgan fingerprint density at radius 1 is 1.20 bits per heavy atom. The molecule has 0 bridgehead atoms. The molecule has 0 spiro atoms. The summed E-state index contributed by atoms with van der Waals surface area (Å²) < 4.78 is 5.54. The van der Waals surface area contributed by atoms with Crippen LogP contribution in [0.25, 0.3) is 10.8 Å². The number of nitrogens with one attached hydrogen (secondary N) is 1. The molecule has 0 fully saturated rings. The van der Waals surface area contributed by atoms with Crippen LogP contribution in [-0.2, 0) is 4.79 Å². The molecule has 0 unspecified atom stereocenters. The quantitative estimate of drug-likeness (QED) is 0.460. The van der Waals surface area contributed by atoms with Crippen molar-refractivity contribution in [1.29, 1.82) is 0 Å². The van der Waals surface area contributed by atoms with Gasteiger partial charge in [-0.15, -0.1) is 33.3 Å². The Labute approximate surface area is 158 Å². The average Bonchev–Trinajstić information content (AvgIpc) is 3.29. The molecule has 0 saturated carbocycles. The van der Waals surface area contributed by atoms with Crippen molar-refractivity contribution in [1.82, 2.24) is 15.5 Å². The molecule has 0 aliphatic heterocycles. The number of benzene rings is 1. The molecular formula is C17H17N3O2S3. The van der Waals surface area contributed by atoms with Crippen LogP contribution in [0.15, 0.2) is 56.3 Å². The van der Waals surface area contributed by atoms with Gasteiger partial charge in [0.25, 0.3) is 11.1 Å². The summed E-state index contributed by atoms with van der Waals surface area (Å²) in [6.07, 6.45) is 0. The predicted molar refractivity (Wildman–Crippen MR) is 103 cm³/mol. The Bertz CT molecular complexity index is 801. The summed E-state index contributed by atoms with van der Waals surface area (Å²) >= 11 is 4.51. The van der Waals surface area contributed by atoms with Crippen molar-refractivity contribution in [2.45, 2.75) is 17.0 Å². The van der Waals surface area contributed by atoms with Crippen LogP contribution in [0, 0.1) is 6.92 Å². The number of hydrogen-bond acceptors (Lipinski definition) is 7. The van der Waals surface area contributed by atoms with Crippen molar-refractivity contribution in [2.24, 2.45) is 0 Å². The normalized spacial score (nSPS) is 10.8. The minimum atomic E-state index is -0.0367. The lowest BCUT2D eigenvalue weighted by atomic mass is 10.2. The van der Waals surface area contributed by atoms with Crippen molar-refractivity contribution >= 4 is 40.8 Å². The lowest BCUT2D eigenvalue weighted by molar-refractivity contribution is -0.118. The zero-order valence-electron chi connectivity index (χ0n) is 13.6. The van der Waals surface area contributed by atoms with Gasteiger partial charge in [-0.05, 0) is 30.5 Å². The van der Waals surface area contributed by atoms with E-state index in [2.05, 4.69) is 46.7 Å². The first-order chi connectivity index (χ1) is 12.2. The van der Waals surface area contributed by atoms with Gasteiger partial charge in [0.2, 0.25) is 5.91 Å². The van der Waals surface area contributed by atoms with Crippen LogP contribution in [0.1, 0.15) is 5.56 Å². The fourth-order valence-corrected chi connectivity index (χ4v) is 3.95. The highest BCUT2D eigenvalue weighted by Gasteiger charge is 2.11. The van der Waals surface area contributed by atoms with E-state index in [0.717, 1.165) is 10.6 Å². The topological polar surface area (TPSA) is 68.0 Å². The molecule has 1 aromatic carbocycles. The third kappa shape index (κ3) is 5.62. The van der Waals surface area contributed by atoms with E-state index in [0.29, 0.717) is 17.7 Å². The summed E-state index contributed by atoms with van der Waals surface area (Å²) in [6, 6.07) is 12.2. The molecular weight excluding hydrogens is 374 g/mol. The number of thiophene rings is 1. The van der Waals surface area contributed by atoms with Crippen LogP contribution in [0.2, 0.25) is 0 Å². The first-order valence-electron chi connectivity index (χ1n) is 7.67. The molecule has 130 valence electrons. The first kappa shape index (κ1) is 18.0. The lowest BCUT2D eigenvalue weighted by Crippen LogP contribution is -2.27. The molecule has 0 aliphatic carbocycles. The van der Waals surface area contributed by atoms with Gasteiger partial charge in [0.15, 0.2) is 0 Å². The fraction of sp³-hybridized carbons (Fsp3) is 0.235. The predicted octanol–water partition coefficient (Wildman–Crippen LogP) is 4.11. The average molecular weight is 392 g/mol. The monoisotopic (exact) mass is 391 g/mol. The Morgan fingerprint density at radius 3 is 2.80 bits per heavy atom. The van der Waals surface area contributed by atoms with Crippen LogP contribution >= 0.6 is 34.9 Å². The SMILES string of the molecule is Cc1ccc(SCCNC(=O)CSc2nnc(-c3cccs3)o2)cc1. The minimum Gasteiger partial charge on any atom is -0.410 e. The molecule has 1 amide bonds. The van der Waals surface area contributed by atoms with Gasteiger partial charge in [0, 0.05) is 17.2 Å². The van der Waals surface area contributed by atoms with Gasteiger partial charge in [-0.1, -0.05) is 35.5 Å². The van der Waals surface area contributed by atoms with Gasteiger partial charge in [-0.2, -0.15) is 0 Å². The van der Waals surface area contributed by atoms with Crippen LogP contribution in [0.5, 0.6) is 0 Å². The summed E-state index contributed by atoms with van der Waals surface area (Å²) in [5, 5.41) is 13.2. The Kier molecular flexibility index (Phi) is 6.55. The molecule has 1 N–H and O–H groups in total. The van der Waals surface area contributed by atoms with Gasteiger partial charge in [-0.3, -0.25) is 4.79 Å². The van der Waals surface area contributed by atoms with Gasteiger partial charge >= 0.3 is 0 Å². The number of aryl methyl sites for hydroxylation is 1. The molecule has 0 saturated heterocycles. The third-order valence-corrected chi connectivity index (χ3v) is 5.87. The zero-order chi connectivity index (χ0) is 17.5. The molecule has 2 aromatic heterocycles. The number of nitrogens with zero attached hydrogens (tertiary/aromatic N) is 2. The van der Waals surface area contributed by atoms with Crippen LogP contribution in [-0.4, -0.2) is 34.2 Å². The molecule has 0 radical (unpaired) electrons. The largest absolute Gasteiger partial charge is 0.410 e. The van der Waals surface area contributed by atoms with E-state index >= 15 is 0 Å². The van der Waals surface area contributed by atoms with Crippen LogP contribution in [0.4, 0.5) is 0 Å². The first-order valence-corrected chi connectivity index (χ1v) is 10.5. The number of aromatic nitrogens is 2. The van der Waals surface area contributed by atoms with Gasteiger partial charge < -0.3 is 9.73 Å². The molecule has 25 heavy (non-hydrogen) atoms. The minimum absolute atomic E-state index is 0.0367. The van der Waals surface area contributed by atoms with Crippen molar-refractivity contribution in [2.75, 3.05) is 18.1 Å². The maximum atomic E-state index is 11.9. The smallest absolute Gasteiger partial charge is 0.277 e. The van der Waals surface area contributed by atoms with E-state index in [1.165, 1.54) is 33.6 Å². The number of carbonyl (C=O) groups excluding carboxylic acids is 1. The fourth-order valence-electron chi connectivity index (χ4n) is 1.94. The number of hydrogen-bond donors (Lipinski definition) is 1. The van der Waals surface area contributed by atoms with Crippen LogP contribution in [0.3, 0.4) is 0 Å². The van der Waals surface area contributed by atoms with Crippen molar-refractivity contribution < 1.29 is 9.21 Å². The number of carbonyl (C=O) groups is 1. The maximum absolute atomic E-state index is 11.9. The highest BCUT2D eigenvalue weighted by Crippen LogP contribution is 2.26. The molecule has 3 aromatic rings. The highest BCUT2D eigenvalue weighted by atomic mass is 32.2. The number of rotatable bonds is 8. The summed E-state index contributed by atoms with van der Waals surface area (Å²) in [5.41, 5.74) is 1.25. The number of thioether (sulfide) groups is 2. The summed E-state index contributed by atoms with van der Waals surface area (Å²) in [5.74, 6) is 1.56. The van der Waals surface area contributed by atoms with E-state index in [1.54, 1.807) is 11.8 Å². The van der Waals surface area contributed by atoms with Crippen molar-refractivity contribution in [3.8, 4) is 10.8 Å². The van der Waals surface area contributed by atoms with Gasteiger partial charge in [0.05, 0.1) is 10.6 Å². The second-order valence-electron chi connectivity index (χ2n) is 5.15. The molecule has 0 atom stereocenters. The molecule has 8 heteroatoms. The molecule has 3 rings (SSSR count). The van der Waals surface area contributed by atoms with E-state index in [4.69, 9.17) is 4.42 Å². The summed E-state index contributed by atoms with van der Waals surface area (Å²) in [7, 11) is 0. The number of amides is 1. The Hall–Kier alpha value is -1.77. The zero-order valence-corrected chi connectivity index (χ0v) is 16.0. The molecule has 5 nitrogen and oxygen atoms in total. The highest BCUT2D eigenvalue weighted by molar-refractivity contribution is 7.99. The second kappa shape index (κ2) is 9.07.